The molecule has 14 heavy (non-hydrogen) atoms. The molecular weight excluding hydrogens is 172 g/mol. The quantitative estimate of drug-likeness (QED) is 0.654. The number of carbonyl (C=O) groups excluding carboxylic acids is 1. The molecule has 2 rings (SSSR count). The van der Waals surface area contributed by atoms with Gasteiger partial charge in [0.05, 0.1) is 0 Å². The molecule has 0 aromatic rings. The Morgan fingerprint density at radius 3 is 2.71 bits per heavy atom. The molecule has 2 aliphatic carbocycles. The summed E-state index contributed by atoms with van der Waals surface area (Å²) in [4.78, 5) is 11.2. The minimum Gasteiger partial charge on any atom is -0.295 e. The maximum absolute atomic E-state index is 11.2. The Morgan fingerprint density at radius 2 is 2.07 bits per heavy atom. The average molecular weight is 192 g/mol. The van der Waals surface area contributed by atoms with Crippen LogP contribution in [0.1, 0.15) is 51.9 Å². The Hall–Kier alpha value is -0.590. The summed E-state index contributed by atoms with van der Waals surface area (Å²) in [5, 5.41) is 0. The van der Waals surface area contributed by atoms with Crippen molar-refractivity contribution in [2.75, 3.05) is 0 Å². The molecule has 0 heterocycles. The summed E-state index contributed by atoms with van der Waals surface area (Å²) in [6.07, 6.45) is 10.5. The van der Waals surface area contributed by atoms with E-state index in [-0.39, 0.29) is 0 Å². The lowest BCUT2D eigenvalue weighted by molar-refractivity contribution is -0.114. The number of allylic oxidation sites excluding steroid dienone is 2. The summed E-state index contributed by atoms with van der Waals surface area (Å²) < 4.78 is 0. The van der Waals surface area contributed by atoms with E-state index in [1.165, 1.54) is 37.7 Å². The molecule has 0 aromatic heterocycles. The second-order valence-electron chi connectivity index (χ2n) is 4.74. The summed E-state index contributed by atoms with van der Waals surface area (Å²) in [7, 11) is 0. The number of rotatable bonds is 2. The zero-order valence-corrected chi connectivity index (χ0v) is 9.09. The van der Waals surface area contributed by atoms with Crippen molar-refractivity contribution in [3.63, 3.8) is 0 Å². The fourth-order valence-corrected chi connectivity index (χ4v) is 3.10. The molecule has 0 amide bonds. The number of hydrogen-bond acceptors (Lipinski definition) is 1. The SMILES string of the molecule is CCC1CCCCC1C1=CC(=O)CC1. The molecular formula is C13H20O. The molecule has 2 atom stereocenters. The van der Waals surface area contributed by atoms with Gasteiger partial charge in [0.25, 0.3) is 0 Å². The van der Waals surface area contributed by atoms with Crippen molar-refractivity contribution >= 4 is 5.78 Å². The Kier molecular flexibility index (Phi) is 3.05. The maximum Gasteiger partial charge on any atom is 0.155 e. The molecule has 2 aliphatic rings. The molecule has 2 unspecified atom stereocenters. The van der Waals surface area contributed by atoms with E-state index in [4.69, 9.17) is 0 Å². The summed E-state index contributed by atoms with van der Waals surface area (Å²) in [5.41, 5.74) is 1.47. The van der Waals surface area contributed by atoms with Gasteiger partial charge in [0, 0.05) is 6.42 Å². The fourth-order valence-electron chi connectivity index (χ4n) is 3.10. The van der Waals surface area contributed by atoms with Crippen LogP contribution in [0, 0.1) is 11.8 Å². The number of hydrogen-bond donors (Lipinski definition) is 0. The van der Waals surface area contributed by atoms with Gasteiger partial charge in [0.1, 0.15) is 0 Å². The monoisotopic (exact) mass is 192 g/mol. The van der Waals surface area contributed by atoms with E-state index in [1.807, 2.05) is 6.08 Å². The van der Waals surface area contributed by atoms with Crippen LogP contribution in [0.2, 0.25) is 0 Å². The summed E-state index contributed by atoms with van der Waals surface area (Å²) in [6.45, 7) is 2.29. The van der Waals surface area contributed by atoms with Gasteiger partial charge in [-0.3, -0.25) is 4.79 Å². The molecule has 0 radical (unpaired) electrons. The van der Waals surface area contributed by atoms with E-state index >= 15 is 0 Å². The predicted molar refractivity (Wildman–Crippen MR) is 58.1 cm³/mol. The third-order valence-corrected chi connectivity index (χ3v) is 3.92. The second kappa shape index (κ2) is 4.29. The topological polar surface area (TPSA) is 17.1 Å². The largest absolute Gasteiger partial charge is 0.295 e. The third kappa shape index (κ3) is 1.92. The molecule has 1 heteroatoms. The Labute approximate surface area is 86.6 Å². The lowest BCUT2D eigenvalue weighted by Gasteiger charge is -2.31. The molecule has 0 aromatic carbocycles. The molecule has 0 saturated heterocycles. The highest BCUT2D eigenvalue weighted by Gasteiger charge is 2.28. The van der Waals surface area contributed by atoms with E-state index in [0.29, 0.717) is 5.78 Å². The lowest BCUT2D eigenvalue weighted by atomic mass is 9.74. The molecule has 0 spiro atoms. The Balaban J connectivity index is 2.07. The van der Waals surface area contributed by atoms with Gasteiger partial charge in [0.2, 0.25) is 0 Å². The van der Waals surface area contributed by atoms with E-state index in [1.54, 1.807) is 0 Å². The zero-order valence-electron chi connectivity index (χ0n) is 9.09. The van der Waals surface area contributed by atoms with Crippen LogP contribution in [0.25, 0.3) is 0 Å². The highest BCUT2D eigenvalue weighted by atomic mass is 16.1. The van der Waals surface area contributed by atoms with Gasteiger partial charge in [-0.05, 0) is 37.2 Å². The second-order valence-corrected chi connectivity index (χ2v) is 4.74. The van der Waals surface area contributed by atoms with Gasteiger partial charge in [-0.1, -0.05) is 31.8 Å². The first-order chi connectivity index (χ1) is 6.81. The van der Waals surface area contributed by atoms with Crippen LogP contribution in [0.4, 0.5) is 0 Å². The van der Waals surface area contributed by atoms with Crippen molar-refractivity contribution in [3.05, 3.63) is 11.6 Å². The van der Waals surface area contributed by atoms with Crippen LogP contribution >= 0.6 is 0 Å². The van der Waals surface area contributed by atoms with Crippen LogP contribution in [-0.2, 0) is 4.79 Å². The van der Waals surface area contributed by atoms with Crippen molar-refractivity contribution in [1.82, 2.24) is 0 Å². The predicted octanol–water partition coefficient (Wildman–Crippen LogP) is 3.49. The molecule has 0 aliphatic heterocycles. The molecule has 1 saturated carbocycles. The first-order valence-corrected chi connectivity index (χ1v) is 6.04. The molecule has 1 fully saturated rings. The third-order valence-electron chi connectivity index (χ3n) is 3.92. The smallest absolute Gasteiger partial charge is 0.155 e. The first kappa shape index (κ1) is 9.95. The maximum atomic E-state index is 11.2. The number of ketones is 1. The van der Waals surface area contributed by atoms with Crippen LogP contribution in [0.15, 0.2) is 11.6 Å². The van der Waals surface area contributed by atoms with Gasteiger partial charge >= 0.3 is 0 Å². The van der Waals surface area contributed by atoms with Gasteiger partial charge in [-0.15, -0.1) is 0 Å². The van der Waals surface area contributed by atoms with Crippen molar-refractivity contribution < 1.29 is 4.79 Å². The minimum atomic E-state index is 0.362. The summed E-state index contributed by atoms with van der Waals surface area (Å²) >= 11 is 0. The average Bonchev–Trinajstić information content (AvgIpc) is 2.65. The molecule has 78 valence electrons. The first-order valence-electron chi connectivity index (χ1n) is 6.04. The van der Waals surface area contributed by atoms with Gasteiger partial charge in [0.15, 0.2) is 5.78 Å². The highest BCUT2D eigenvalue weighted by Crippen LogP contribution is 2.39. The Bertz CT molecular complexity index is 252. The van der Waals surface area contributed by atoms with Crippen molar-refractivity contribution in [2.24, 2.45) is 11.8 Å². The lowest BCUT2D eigenvalue weighted by Crippen LogP contribution is -2.20. The van der Waals surface area contributed by atoms with Crippen molar-refractivity contribution in [3.8, 4) is 0 Å². The fraction of sp³-hybridized carbons (Fsp3) is 0.769. The highest BCUT2D eigenvalue weighted by molar-refractivity contribution is 5.93. The standard InChI is InChI=1S/C13H20O/c1-2-10-5-3-4-6-13(10)11-7-8-12(14)9-11/h9-10,13H,2-8H2,1H3. The molecule has 1 nitrogen and oxygen atoms in total. The van der Waals surface area contributed by atoms with Crippen molar-refractivity contribution in [1.29, 1.82) is 0 Å². The Morgan fingerprint density at radius 1 is 1.29 bits per heavy atom. The van der Waals surface area contributed by atoms with E-state index in [9.17, 15) is 4.79 Å². The van der Waals surface area contributed by atoms with Gasteiger partial charge in [-0.2, -0.15) is 0 Å². The summed E-state index contributed by atoms with van der Waals surface area (Å²) in [5.74, 6) is 1.97. The van der Waals surface area contributed by atoms with Gasteiger partial charge < -0.3 is 0 Å². The van der Waals surface area contributed by atoms with Crippen LogP contribution in [0.3, 0.4) is 0 Å². The van der Waals surface area contributed by atoms with E-state index in [0.717, 1.165) is 24.7 Å². The molecule has 0 bridgehead atoms. The molecule has 0 N–H and O–H groups in total. The zero-order chi connectivity index (χ0) is 9.97. The summed E-state index contributed by atoms with van der Waals surface area (Å²) in [6, 6.07) is 0. The number of carbonyl (C=O) groups is 1. The van der Waals surface area contributed by atoms with E-state index in [2.05, 4.69) is 6.92 Å². The van der Waals surface area contributed by atoms with Gasteiger partial charge in [-0.25, -0.2) is 0 Å². The van der Waals surface area contributed by atoms with Crippen LogP contribution in [-0.4, -0.2) is 5.78 Å². The van der Waals surface area contributed by atoms with Crippen molar-refractivity contribution in [2.45, 2.75) is 51.9 Å². The van der Waals surface area contributed by atoms with E-state index < -0.39 is 0 Å². The van der Waals surface area contributed by atoms with Crippen LogP contribution < -0.4 is 0 Å². The minimum absolute atomic E-state index is 0.362. The van der Waals surface area contributed by atoms with Crippen LogP contribution in [0.5, 0.6) is 0 Å². The normalized spacial score (nSPS) is 33.2.